The second kappa shape index (κ2) is 15.2. The lowest BCUT2D eigenvalue weighted by molar-refractivity contribution is -0.396. The van der Waals surface area contributed by atoms with E-state index in [0.717, 1.165) is 39.5 Å². The number of aliphatic hydroxyl groups excluding tert-OH is 1. The summed E-state index contributed by atoms with van der Waals surface area (Å²) in [6.45, 7) is -0.140. The Balaban J connectivity index is 1.32. The molecule has 0 unspecified atom stereocenters. The quantitative estimate of drug-likeness (QED) is 0.0917. The smallest absolute Gasteiger partial charge is 0.330 e. The number of aromatic amines is 1. The van der Waals surface area contributed by atoms with Crippen molar-refractivity contribution in [2.24, 2.45) is 0 Å². The lowest BCUT2D eigenvalue weighted by Crippen LogP contribution is -2.38. The number of benzene rings is 4. The minimum Gasteiger partial charge on any atom is -0.497 e. The molecule has 0 amide bonds. The fourth-order valence-electron chi connectivity index (χ4n) is 6.04. The Kier molecular flexibility index (Phi) is 10.5. The number of nitrogens with one attached hydrogen (secondary N) is 1. The van der Waals surface area contributed by atoms with E-state index in [9.17, 15) is 34.9 Å². The number of methoxy groups -OCH3 is 2. The van der Waals surface area contributed by atoms with E-state index in [-0.39, 0.29) is 22.8 Å². The van der Waals surface area contributed by atoms with Gasteiger partial charge in [-0.05, 0) is 47.0 Å². The number of aromatic nitrogens is 2. The number of nitro benzene ring substituents is 2. The molecule has 2 heterocycles. The van der Waals surface area contributed by atoms with E-state index >= 15 is 0 Å². The number of ether oxygens (including phenoxy) is 4. The van der Waals surface area contributed by atoms with Crippen LogP contribution in [0.3, 0.4) is 0 Å². The number of hydrogen-bond acceptors (Lipinski definition) is 12. The molecule has 1 saturated heterocycles. The number of nitrogens with zero attached hydrogens (tertiary/aromatic N) is 3. The molecule has 15 nitrogen and oxygen atoms in total. The number of hydrogen-bond donors (Lipinski definition) is 2. The zero-order valence-electron chi connectivity index (χ0n) is 27.7. The van der Waals surface area contributed by atoms with Crippen LogP contribution in [0.1, 0.15) is 29.3 Å². The van der Waals surface area contributed by atoms with Crippen LogP contribution in [0.5, 0.6) is 11.5 Å². The highest BCUT2D eigenvalue weighted by Crippen LogP contribution is 2.43. The number of rotatable bonds is 13. The topological polar surface area (TPSA) is 198 Å². The molecule has 4 aromatic carbocycles. The fraction of sp³-hybridized carbons (Fsp3) is 0.222. The summed E-state index contributed by atoms with van der Waals surface area (Å²) in [6.07, 6.45) is -1.95. The van der Waals surface area contributed by atoms with E-state index in [2.05, 4.69) is 4.98 Å². The van der Waals surface area contributed by atoms with Crippen LogP contribution in [0.15, 0.2) is 123 Å². The summed E-state index contributed by atoms with van der Waals surface area (Å²) in [6, 6.07) is 27.4. The average molecular weight is 729 g/mol. The molecule has 0 radical (unpaired) electrons. The summed E-state index contributed by atoms with van der Waals surface area (Å²) >= 11 is 0.656. The molecule has 52 heavy (non-hydrogen) atoms. The summed E-state index contributed by atoms with van der Waals surface area (Å²) in [5.74, 6) is 1.29. The van der Waals surface area contributed by atoms with Crippen molar-refractivity contribution in [3.63, 3.8) is 0 Å². The number of aliphatic hydroxyl groups is 1. The van der Waals surface area contributed by atoms with E-state index in [0.29, 0.717) is 23.3 Å². The maximum atomic E-state index is 13.0. The second-order valence-electron chi connectivity index (χ2n) is 11.7. The summed E-state index contributed by atoms with van der Waals surface area (Å²) in [5, 5.41) is 34.1. The highest BCUT2D eigenvalue weighted by molar-refractivity contribution is 7.99. The van der Waals surface area contributed by atoms with Crippen molar-refractivity contribution in [2.45, 2.75) is 40.2 Å². The van der Waals surface area contributed by atoms with Gasteiger partial charge in [-0.25, -0.2) is 4.79 Å². The second-order valence-corrected chi connectivity index (χ2v) is 12.8. The lowest BCUT2D eigenvalue weighted by Gasteiger charge is -2.37. The highest BCUT2D eigenvalue weighted by atomic mass is 32.2. The Labute approximate surface area is 299 Å². The van der Waals surface area contributed by atoms with Crippen LogP contribution >= 0.6 is 11.8 Å². The SMILES string of the molecule is COc1ccc(C(OC[C@H]2O[C@@H](n3cc(Sc4ccc([N+](=O)[O-])cc4[N+](=O)[O-])c(=O)[nH]c3=O)C[C@@H]2O)(c2ccccc2)c2ccc(OC)cc2)cc1. The molecular weight excluding hydrogens is 696 g/mol. The molecule has 16 heteroatoms. The molecule has 1 fully saturated rings. The maximum Gasteiger partial charge on any atom is 0.330 e. The van der Waals surface area contributed by atoms with Crippen molar-refractivity contribution in [3.8, 4) is 11.5 Å². The summed E-state index contributed by atoms with van der Waals surface area (Å²) in [7, 11) is 3.15. The van der Waals surface area contributed by atoms with E-state index < -0.39 is 56.5 Å². The number of H-pyrrole nitrogens is 1. The van der Waals surface area contributed by atoms with Gasteiger partial charge in [-0.2, -0.15) is 0 Å². The lowest BCUT2D eigenvalue weighted by atomic mass is 9.80. The maximum absolute atomic E-state index is 13.0. The fourth-order valence-corrected chi connectivity index (χ4v) is 6.96. The highest BCUT2D eigenvalue weighted by Gasteiger charge is 2.42. The van der Waals surface area contributed by atoms with E-state index in [4.69, 9.17) is 18.9 Å². The van der Waals surface area contributed by atoms with E-state index in [1.807, 2.05) is 78.9 Å². The molecule has 1 aromatic heterocycles. The number of nitro groups is 2. The first-order valence-electron chi connectivity index (χ1n) is 15.8. The van der Waals surface area contributed by atoms with Crippen molar-refractivity contribution < 1.29 is 33.9 Å². The predicted molar refractivity (Wildman–Crippen MR) is 188 cm³/mol. The largest absolute Gasteiger partial charge is 0.497 e. The van der Waals surface area contributed by atoms with Crippen LogP contribution in [-0.2, 0) is 15.1 Å². The molecule has 0 spiro atoms. The van der Waals surface area contributed by atoms with Crippen molar-refractivity contribution >= 4 is 23.1 Å². The zero-order valence-corrected chi connectivity index (χ0v) is 28.6. The van der Waals surface area contributed by atoms with E-state index in [1.165, 1.54) is 6.20 Å². The van der Waals surface area contributed by atoms with Gasteiger partial charge in [0.15, 0.2) is 0 Å². The molecule has 6 rings (SSSR count). The molecule has 1 aliphatic rings. The van der Waals surface area contributed by atoms with Gasteiger partial charge < -0.3 is 24.1 Å². The van der Waals surface area contributed by atoms with Crippen molar-refractivity contribution in [2.75, 3.05) is 20.8 Å². The first kappa shape index (κ1) is 36.0. The summed E-state index contributed by atoms with van der Waals surface area (Å²) < 4.78 is 25.0. The van der Waals surface area contributed by atoms with Crippen LogP contribution in [0.4, 0.5) is 11.4 Å². The zero-order chi connectivity index (χ0) is 37.0. The van der Waals surface area contributed by atoms with Crippen LogP contribution in [0.2, 0.25) is 0 Å². The van der Waals surface area contributed by atoms with Crippen LogP contribution in [-0.4, -0.2) is 57.5 Å². The monoisotopic (exact) mass is 728 g/mol. The summed E-state index contributed by atoms with van der Waals surface area (Å²) in [5.41, 5.74) is -1.65. The third-order valence-electron chi connectivity index (χ3n) is 8.66. The minimum atomic E-state index is -1.21. The number of non-ortho nitro benzene ring substituents is 1. The van der Waals surface area contributed by atoms with Crippen molar-refractivity contribution in [1.29, 1.82) is 0 Å². The minimum absolute atomic E-state index is 0.0504. The molecule has 5 aromatic rings. The Hall–Kier alpha value is -5.81. The molecule has 268 valence electrons. The standard InChI is InChI=1S/C36H32N4O11S/c1-48-26-13-8-23(9-14-26)36(22-6-4-3-5-7-22,24-10-15-27(49-2)16-11-24)50-21-30-29(41)19-33(51-30)38-20-32(34(42)37-35(38)43)52-31-17-12-25(39(44)45)18-28(31)40(46)47/h3-18,20,29-30,33,41H,19,21H2,1-2H3,(H,37,42,43)/t29-,30+,33+/m0/s1. The predicted octanol–water partition coefficient (Wildman–Crippen LogP) is 5.18. The Bertz CT molecular complexity index is 2140. The van der Waals surface area contributed by atoms with Crippen molar-refractivity contribution in [3.05, 3.63) is 161 Å². The molecule has 2 N–H and O–H groups in total. The first-order valence-corrected chi connectivity index (χ1v) is 16.6. The van der Waals surface area contributed by atoms with Crippen LogP contribution in [0.25, 0.3) is 0 Å². The van der Waals surface area contributed by atoms with Gasteiger partial charge in [0.2, 0.25) is 0 Å². The van der Waals surface area contributed by atoms with Crippen LogP contribution < -0.4 is 20.7 Å². The van der Waals surface area contributed by atoms with Gasteiger partial charge in [0.1, 0.15) is 29.4 Å². The van der Waals surface area contributed by atoms with Gasteiger partial charge in [-0.3, -0.25) is 34.6 Å². The third-order valence-corrected chi connectivity index (χ3v) is 9.73. The normalized spacial score (nSPS) is 17.1. The van der Waals surface area contributed by atoms with Gasteiger partial charge in [0.25, 0.3) is 16.9 Å². The average Bonchev–Trinajstić information content (AvgIpc) is 3.53. The molecule has 0 saturated carbocycles. The van der Waals surface area contributed by atoms with E-state index in [1.54, 1.807) is 14.2 Å². The third kappa shape index (κ3) is 7.17. The Morgan fingerprint density at radius 2 is 1.46 bits per heavy atom. The van der Waals surface area contributed by atoms with Gasteiger partial charge >= 0.3 is 5.69 Å². The van der Waals surface area contributed by atoms with Gasteiger partial charge in [-0.15, -0.1) is 0 Å². The Morgan fingerprint density at radius 1 is 0.865 bits per heavy atom. The molecule has 0 bridgehead atoms. The molecule has 1 aliphatic heterocycles. The summed E-state index contributed by atoms with van der Waals surface area (Å²) in [4.78, 5) is 49.1. The molecular formula is C36H32N4O11S. The molecule has 0 aliphatic carbocycles. The van der Waals surface area contributed by atoms with Gasteiger partial charge in [0.05, 0.1) is 52.6 Å². The molecule has 3 atom stereocenters. The Morgan fingerprint density at radius 3 is 2.02 bits per heavy atom. The van der Waals surface area contributed by atoms with Gasteiger partial charge in [0, 0.05) is 18.7 Å². The van der Waals surface area contributed by atoms with Crippen molar-refractivity contribution in [1.82, 2.24) is 9.55 Å². The van der Waals surface area contributed by atoms with Crippen LogP contribution in [0, 0.1) is 20.2 Å². The van der Waals surface area contributed by atoms with Gasteiger partial charge in [-0.1, -0.05) is 66.4 Å². The first-order chi connectivity index (χ1) is 25.0.